The first-order valence-electron chi connectivity index (χ1n) is 10.3. The van der Waals surface area contributed by atoms with Gasteiger partial charge in [0.25, 0.3) is 0 Å². The maximum Gasteiger partial charge on any atom is 0.126 e. The summed E-state index contributed by atoms with van der Waals surface area (Å²) in [7, 11) is 4.12. The first kappa shape index (κ1) is 22.6. The van der Waals surface area contributed by atoms with Gasteiger partial charge < -0.3 is 9.47 Å². The largest absolute Gasteiger partial charge is 0.496 e. The lowest BCUT2D eigenvalue weighted by molar-refractivity contribution is 0.410. The lowest BCUT2D eigenvalue weighted by Crippen LogP contribution is -2.02. The Kier molecular flexibility index (Phi) is 8.27. The summed E-state index contributed by atoms with van der Waals surface area (Å²) in [5.41, 5.74) is 4.74. The third kappa shape index (κ3) is 6.44. The highest BCUT2D eigenvalue weighted by Gasteiger charge is 2.09. The van der Waals surface area contributed by atoms with Gasteiger partial charge in [-0.1, -0.05) is 105 Å². The van der Waals surface area contributed by atoms with E-state index in [-0.39, 0.29) is 0 Å². The fourth-order valence-corrected chi connectivity index (χ4v) is 4.17. The number of methoxy groups -OCH3 is 2. The van der Waals surface area contributed by atoms with E-state index in [2.05, 4.69) is 62.4 Å². The number of para-hydroxylation sites is 2. The van der Waals surface area contributed by atoms with Gasteiger partial charge >= 0.3 is 0 Å². The van der Waals surface area contributed by atoms with E-state index in [1.54, 1.807) is 14.2 Å². The summed E-state index contributed by atoms with van der Waals surface area (Å²) in [6, 6.07) is 33.4. The van der Waals surface area contributed by atoms with E-state index in [0.717, 1.165) is 31.2 Å². The first-order chi connectivity index (χ1) is 15.1. The van der Waals surface area contributed by atoms with E-state index < -0.39 is 0 Å². The summed E-state index contributed by atoms with van der Waals surface area (Å²) in [6.45, 7) is 4.25. The van der Waals surface area contributed by atoms with Crippen LogP contribution in [0, 0.1) is 13.8 Å². The fourth-order valence-electron chi connectivity index (χ4n) is 3.17. The van der Waals surface area contributed by atoms with Crippen LogP contribution in [0.5, 0.6) is 11.5 Å². The van der Waals surface area contributed by atoms with Crippen LogP contribution < -0.4 is 20.1 Å². The van der Waals surface area contributed by atoms with Crippen LogP contribution in [0.2, 0.25) is 0 Å². The summed E-state index contributed by atoms with van der Waals surface area (Å²) in [5.74, 6) is 1.71. The Balaban J connectivity index is 0.000000176. The highest BCUT2D eigenvalue weighted by atomic mass is 31.1. The number of rotatable bonds is 5. The third-order valence-corrected chi connectivity index (χ3v) is 6.14. The van der Waals surface area contributed by atoms with Crippen LogP contribution in [0.1, 0.15) is 11.1 Å². The maximum atomic E-state index is 5.34. The van der Waals surface area contributed by atoms with E-state index in [4.69, 9.17) is 9.47 Å². The van der Waals surface area contributed by atoms with Crippen LogP contribution in [-0.2, 0) is 0 Å². The van der Waals surface area contributed by atoms with Crippen molar-refractivity contribution in [1.29, 1.82) is 0 Å². The van der Waals surface area contributed by atoms with Crippen LogP contribution in [0.15, 0.2) is 97.1 Å². The normalized spacial score (nSPS) is 10.1. The fraction of sp³-hybridized carbons (Fsp3) is 0.143. The second kappa shape index (κ2) is 11.3. The average Bonchev–Trinajstić information content (AvgIpc) is 2.82. The second-order valence-electron chi connectivity index (χ2n) is 7.26. The topological polar surface area (TPSA) is 18.5 Å². The number of ether oxygens (including phenoxy) is 2. The van der Waals surface area contributed by atoms with Crippen LogP contribution in [0.25, 0.3) is 11.1 Å². The number of benzene rings is 4. The monoisotopic (exact) mass is 428 g/mol. The van der Waals surface area contributed by atoms with Gasteiger partial charge in [0.15, 0.2) is 0 Å². The quantitative estimate of drug-likeness (QED) is 0.347. The van der Waals surface area contributed by atoms with E-state index in [0.29, 0.717) is 0 Å². The minimum atomic E-state index is 0.769. The lowest BCUT2D eigenvalue weighted by atomic mass is 10.0. The Labute approximate surface area is 187 Å². The molecule has 0 bridgehead atoms. The van der Waals surface area contributed by atoms with Crippen molar-refractivity contribution in [2.24, 2.45) is 0 Å². The number of hydrogen-bond donors (Lipinski definition) is 0. The van der Waals surface area contributed by atoms with Crippen molar-refractivity contribution in [3.8, 4) is 22.6 Å². The van der Waals surface area contributed by atoms with Crippen molar-refractivity contribution in [2.45, 2.75) is 13.8 Å². The van der Waals surface area contributed by atoms with Crippen LogP contribution in [0.3, 0.4) is 0 Å². The van der Waals surface area contributed by atoms with Crippen LogP contribution in [-0.4, -0.2) is 14.2 Å². The van der Waals surface area contributed by atoms with Gasteiger partial charge in [-0.25, -0.2) is 0 Å². The van der Waals surface area contributed by atoms with Crippen molar-refractivity contribution in [3.05, 3.63) is 108 Å². The minimum Gasteiger partial charge on any atom is -0.496 e. The van der Waals surface area contributed by atoms with E-state index in [9.17, 15) is 0 Å². The molecule has 4 aromatic rings. The molecule has 158 valence electrons. The molecule has 0 aromatic heterocycles. The second-order valence-corrected chi connectivity index (χ2v) is 8.66. The number of hydrogen-bond acceptors (Lipinski definition) is 2. The smallest absolute Gasteiger partial charge is 0.126 e. The molecule has 0 aliphatic carbocycles. The van der Waals surface area contributed by atoms with E-state index in [1.165, 1.54) is 21.7 Å². The molecule has 0 atom stereocenters. The Morgan fingerprint density at radius 2 is 0.839 bits per heavy atom. The molecule has 0 heterocycles. The molecular formula is C28H29O2P. The summed E-state index contributed by atoms with van der Waals surface area (Å²) >= 11 is 0. The molecule has 4 rings (SSSR count). The Bertz CT molecular complexity index is 998. The molecule has 31 heavy (non-hydrogen) atoms. The third-order valence-electron chi connectivity index (χ3n) is 4.90. The zero-order valence-corrected chi connectivity index (χ0v) is 19.6. The van der Waals surface area contributed by atoms with Gasteiger partial charge in [-0.3, -0.25) is 0 Å². The molecule has 4 aromatic carbocycles. The molecular weight excluding hydrogens is 399 g/mol. The highest BCUT2D eigenvalue weighted by molar-refractivity contribution is 7.55. The number of aryl methyl sites for hydroxylation is 2. The van der Waals surface area contributed by atoms with Crippen LogP contribution >= 0.6 is 8.58 Å². The molecule has 3 heteroatoms. The van der Waals surface area contributed by atoms with Gasteiger partial charge in [0.2, 0.25) is 0 Å². The van der Waals surface area contributed by atoms with Gasteiger partial charge in [0.1, 0.15) is 11.5 Å². The summed E-state index contributed by atoms with van der Waals surface area (Å²) < 4.78 is 10.7. The molecule has 0 saturated heterocycles. The Hall–Kier alpha value is -3.09. The Morgan fingerprint density at radius 1 is 0.484 bits per heavy atom. The van der Waals surface area contributed by atoms with Crippen molar-refractivity contribution >= 4 is 19.2 Å². The summed E-state index contributed by atoms with van der Waals surface area (Å²) in [6.07, 6.45) is 0. The average molecular weight is 429 g/mol. The lowest BCUT2D eigenvalue weighted by Gasteiger charge is -2.11. The molecule has 0 aliphatic rings. The zero-order valence-electron chi connectivity index (χ0n) is 18.6. The molecule has 0 aliphatic heterocycles. The molecule has 0 spiro atoms. The highest BCUT2D eigenvalue weighted by Crippen LogP contribution is 2.35. The first-order valence-corrected chi connectivity index (χ1v) is 11.3. The molecule has 0 unspecified atom stereocenters. The van der Waals surface area contributed by atoms with Crippen molar-refractivity contribution < 1.29 is 9.47 Å². The van der Waals surface area contributed by atoms with Crippen molar-refractivity contribution in [2.75, 3.05) is 14.2 Å². The Morgan fingerprint density at radius 3 is 1.19 bits per heavy atom. The standard InChI is InChI=1S/C14H14O2.C14H15P/c1-15-13-9-5-3-7-11(13)12-8-4-6-10-14(12)16-2;1-11-3-7-13(8-4-11)15-14-9-5-12(2)6-10-14/h3-10H,1-2H3;3-10,15H,1-2H3. The summed E-state index contributed by atoms with van der Waals surface area (Å²) in [4.78, 5) is 0. The zero-order chi connectivity index (χ0) is 22.1. The van der Waals surface area contributed by atoms with Gasteiger partial charge in [0, 0.05) is 11.1 Å². The predicted octanol–water partition coefficient (Wildman–Crippen LogP) is 6.30. The SMILES string of the molecule is COc1ccccc1-c1ccccc1OC.Cc1ccc(Pc2ccc(C)cc2)cc1. The van der Waals surface area contributed by atoms with Crippen LogP contribution in [0.4, 0.5) is 0 Å². The molecule has 0 radical (unpaired) electrons. The van der Waals surface area contributed by atoms with Gasteiger partial charge in [-0.15, -0.1) is 0 Å². The summed E-state index contributed by atoms with van der Waals surface area (Å²) in [5, 5.41) is 2.81. The molecule has 0 N–H and O–H groups in total. The van der Waals surface area contributed by atoms with Crippen molar-refractivity contribution in [1.82, 2.24) is 0 Å². The van der Waals surface area contributed by atoms with Gasteiger partial charge in [0.05, 0.1) is 14.2 Å². The molecule has 0 fully saturated rings. The molecule has 0 saturated carbocycles. The molecule has 2 nitrogen and oxygen atoms in total. The van der Waals surface area contributed by atoms with Gasteiger partial charge in [-0.05, 0) is 36.6 Å². The van der Waals surface area contributed by atoms with E-state index >= 15 is 0 Å². The predicted molar refractivity (Wildman–Crippen MR) is 135 cm³/mol. The van der Waals surface area contributed by atoms with Crippen molar-refractivity contribution in [3.63, 3.8) is 0 Å². The minimum absolute atomic E-state index is 0.769. The molecule has 0 amide bonds. The van der Waals surface area contributed by atoms with E-state index in [1.807, 2.05) is 48.5 Å². The van der Waals surface area contributed by atoms with Gasteiger partial charge in [-0.2, -0.15) is 0 Å². The maximum absolute atomic E-state index is 5.34.